The molecule has 0 aliphatic carbocycles. The molecule has 5 nitrogen and oxygen atoms in total. The molecule has 0 spiro atoms. The normalized spacial score (nSPS) is 10.4. The smallest absolute Gasteiger partial charge is 0.268 e. The number of nitrogens with one attached hydrogen (secondary N) is 1. The van der Waals surface area contributed by atoms with Crippen molar-refractivity contribution in [1.29, 1.82) is 0 Å². The molecule has 2 heterocycles. The lowest BCUT2D eigenvalue weighted by atomic mass is 10.1. The third-order valence-electron chi connectivity index (χ3n) is 2.12. The molecule has 0 saturated carbocycles. The molecular weight excluding hydrogens is 321 g/mol. The topological polar surface area (TPSA) is 78.9 Å². The molecular formula is C10H8IN3O2. The van der Waals surface area contributed by atoms with E-state index < -0.39 is 0 Å². The van der Waals surface area contributed by atoms with Gasteiger partial charge in [-0.25, -0.2) is 0 Å². The number of hydrogen-bond acceptors (Lipinski definition) is 4. The van der Waals surface area contributed by atoms with Gasteiger partial charge >= 0.3 is 0 Å². The molecule has 82 valence electrons. The highest BCUT2D eigenvalue weighted by Crippen LogP contribution is 2.20. The Balaban J connectivity index is 2.67. The van der Waals surface area contributed by atoms with Crippen LogP contribution in [-0.2, 0) is 0 Å². The van der Waals surface area contributed by atoms with Gasteiger partial charge in [0.25, 0.3) is 5.56 Å². The van der Waals surface area contributed by atoms with Gasteiger partial charge in [0, 0.05) is 18.0 Å². The summed E-state index contributed by atoms with van der Waals surface area (Å²) in [5.74, 6) is 0.0957. The van der Waals surface area contributed by atoms with Gasteiger partial charge in [-0.15, -0.1) is 0 Å². The van der Waals surface area contributed by atoms with Gasteiger partial charge < -0.3 is 10.1 Å². The third kappa shape index (κ3) is 1.92. The molecule has 0 unspecified atom stereocenters. The highest BCUT2D eigenvalue weighted by molar-refractivity contribution is 14.1. The van der Waals surface area contributed by atoms with Crippen molar-refractivity contribution < 1.29 is 5.11 Å². The van der Waals surface area contributed by atoms with E-state index in [2.05, 4.69) is 15.0 Å². The molecule has 0 bridgehead atoms. The number of H-pyrrole nitrogens is 1. The maximum absolute atomic E-state index is 11.5. The molecule has 0 amide bonds. The molecule has 0 radical (unpaired) electrons. The molecule has 0 aliphatic heterocycles. The van der Waals surface area contributed by atoms with Crippen LogP contribution >= 0.6 is 22.6 Å². The molecule has 0 fully saturated rings. The van der Waals surface area contributed by atoms with E-state index in [-0.39, 0.29) is 15.0 Å². The van der Waals surface area contributed by atoms with Crippen LogP contribution in [-0.4, -0.2) is 20.1 Å². The second-order valence-electron chi connectivity index (χ2n) is 3.24. The van der Waals surface area contributed by atoms with Gasteiger partial charge in [-0.05, 0) is 41.1 Å². The summed E-state index contributed by atoms with van der Waals surface area (Å²) in [4.78, 5) is 22.0. The number of aromatic nitrogens is 3. The average Bonchev–Trinajstić information content (AvgIpc) is 2.26. The number of aromatic amines is 1. The molecule has 0 aliphatic rings. The molecule has 16 heavy (non-hydrogen) atoms. The van der Waals surface area contributed by atoms with Crippen molar-refractivity contribution >= 4 is 22.6 Å². The van der Waals surface area contributed by atoms with Gasteiger partial charge in [0.05, 0.1) is 0 Å². The number of aryl methyl sites for hydroxylation is 1. The molecule has 0 saturated heterocycles. The van der Waals surface area contributed by atoms with Crippen LogP contribution < -0.4 is 5.56 Å². The third-order valence-corrected chi connectivity index (χ3v) is 3.09. The second kappa shape index (κ2) is 4.20. The average molecular weight is 329 g/mol. The first-order valence-electron chi connectivity index (χ1n) is 4.49. The highest BCUT2D eigenvalue weighted by atomic mass is 127. The van der Waals surface area contributed by atoms with Crippen molar-refractivity contribution in [2.45, 2.75) is 6.92 Å². The summed E-state index contributed by atoms with van der Waals surface area (Å²) in [5, 5.41) is 9.48. The maximum Gasteiger partial charge on any atom is 0.268 e. The zero-order valence-electron chi connectivity index (χ0n) is 8.36. The number of rotatable bonds is 1. The molecule has 2 aromatic heterocycles. The minimum atomic E-state index is -0.348. The summed E-state index contributed by atoms with van der Waals surface area (Å²) in [6.45, 7) is 1.86. The molecule has 0 atom stereocenters. The number of nitrogens with zero attached hydrogens (tertiary/aromatic N) is 2. The number of pyridine rings is 1. The van der Waals surface area contributed by atoms with Crippen LogP contribution in [0.3, 0.4) is 0 Å². The van der Waals surface area contributed by atoms with Crippen molar-refractivity contribution in [3.63, 3.8) is 0 Å². The summed E-state index contributed by atoms with van der Waals surface area (Å²) < 4.78 is 0.188. The second-order valence-corrected chi connectivity index (χ2v) is 4.32. The summed E-state index contributed by atoms with van der Waals surface area (Å²) in [5.41, 5.74) is 1.28. The molecule has 2 N–H and O–H groups in total. The largest absolute Gasteiger partial charge is 0.492 e. The Morgan fingerprint density at radius 2 is 2.25 bits per heavy atom. The van der Waals surface area contributed by atoms with Crippen LogP contribution in [0.2, 0.25) is 0 Å². The van der Waals surface area contributed by atoms with Gasteiger partial charge in [-0.2, -0.15) is 4.98 Å². The van der Waals surface area contributed by atoms with E-state index in [0.29, 0.717) is 5.82 Å². The van der Waals surface area contributed by atoms with Crippen LogP contribution in [0, 0.1) is 10.5 Å². The van der Waals surface area contributed by atoms with E-state index in [1.54, 1.807) is 41.1 Å². The van der Waals surface area contributed by atoms with E-state index in [4.69, 9.17) is 0 Å². The Hall–Kier alpha value is -1.44. The van der Waals surface area contributed by atoms with Crippen LogP contribution in [0.5, 0.6) is 5.88 Å². The van der Waals surface area contributed by atoms with Gasteiger partial charge in [-0.3, -0.25) is 9.78 Å². The van der Waals surface area contributed by atoms with Crippen LogP contribution in [0.15, 0.2) is 23.3 Å². The number of hydrogen-bond donors (Lipinski definition) is 2. The Morgan fingerprint density at radius 1 is 1.50 bits per heavy atom. The predicted molar refractivity (Wildman–Crippen MR) is 67.2 cm³/mol. The summed E-state index contributed by atoms with van der Waals surface area (Å²) in [6.07, 6.45) is 3.28. The Bertz CT molecular complexity index is 595. The number of aromatic hydroxyl groups is 1. The first kappa shape index (κ1) is 11.1. The molecule has 6 heteroatoms. The molecule has 0 aromatic carbocycles. The summed E-state index contributed by atoms with van der Waals surface area (Å²) in [6, 6.07) is 1.74. The fourth-order valence-corrected chi connectivity index (χ4v) is 1.57. The van der Waals surface area contributed by atoms with Gasteiger partial charge in [0.15, 0.2) is 0 Å². The maximum atomic E-state index is 11.5. The fourth-order valence-electron chi connectivity index (χ4n) is 1.31. The van der Waals surface area contributed by atoms with Crippen molar-refractivity contribution in [2.75, 3.05) is 0 Å². The van der Waals surface area contributed by atoms with Crippen molar-refractivity contribution in [1.82, 2.24) is 15.0 Å². The van der Waals surface area contributed by atoms with Gasteiger partial charge in [0.2, 0.25) is 5.88 Å². The van der Waals surface area contributed by atoms with Crippen LogP contribution in [0.1, 0.15) is 5.56 Å². The minimum absolute atomic E-state index is 0.188. The van der Waals surface area contributed by atoms with E-state index in [1.807, 2.05) is 6.92 Å². The highest BCUT2D eigenvalue weighted by Gasteiger charge is 2.10. The van der Waals surface area contributed by atoms with Crippen LogP contribution in [0.4, 0.5) is 0 Å². The zero-order valence-corrected chi connectivity index (χ0v) is 10.5. The predicted octanol–water partition coefficient (Wildman–Crippen LogP) is 1.45. The lowest BCUT2D eigenvalue weighted by Crippen LogP contribution is -2.12. The van der Waals surface area contributed by atoms with E-state index in [1.165, 1.54) is 0 Å². The SMILES string of the molecule is Cc1cnccc1-c1nc(O)c(I)c(=O)[nH]1. The Kier molecular flexibility index (Phi) is 2.90. The van der Waals surface area contributed by atoms with Crippen molar-refractivity contribution in [2.24, 2.45) is 0 Å². The van der Waals surface area contributed by atoms with E-state index >= 15 is 0 Å². The first-order valence-corrected chi connectivity index (χ1v) is 5.57. The van der Waals surface area contributed by atoms with Gasteiger partial charge in [-0.1, -0.05) is 0 Å². The Labute approximate surface area is 105 Å². The fraction of sp³-hybridized carbons (Fsp3) is 0.100. The monoisotopic (exact) mass is 329 g/mol. The van der Waals surface area contributed by atoms with E-state index in [0.717, 1.165) is 11.1 Å². The Morgan fingerprint density at radius 3 is 2.88 bits per heavy atom. The first-order chi connectivity index (χ1) is 7.59. The van der Waals surface area contributed by atoms with Crippen molar-refractivity contribution in [3.8, 4) is 17.3 Å². The van der Waals surface area contributed by atoms with Crippen molar-refractivity contribution in [3.05, 3.63) is 37.9 Å². The summed E-state index contributed by atoms with van der Waals surface area (Å²) >= 11 is 1.75. The van der Waals surface area contributed by atoms with E-state index in [9.17, 15) is 9.90 Å². The minimum Gasteiger partial charge on any atom is -0.492 e. The summed E-state index contributed by atoms with van der Waals surface area (Å²) in [7, 11) is 0. The lowest BCUT2D eigenvalue weighted by molar-refractivity contribution is 0.447. The molecule has 2 rings (SSSR count). The van der Waals surface area contributed by atoms with Crippen LogP contribution in [0.25, 0.3) is 11.4 Å². The standard InChI is InChI=1S/C10H8IN3O2/c1-5-4-12-3-2-6(5)8-13-9(15)7(11)10(16)14-8/h2-4H,1H3,(H2,13,14,15,16). The lowest BCUT2D eigenvalue weighted by Gasteiger charge is -2.04. The zero-order chi connectivity index (χ0) is 11.7. The van der Waals surface area contributed by atoms with Gasteiger partial charge in [0.1, 0.15) is 9.39 Å². The molecule has 2 aromatic rings. The quantitative estimate of drug-likeness (QED) is 0.776. The number of halogens is 1.